The van der Waals surface area contributed by atoms with Crippen LogP contribution in [0.5, 0.6) is 0 Å². The number of hydrogen-bond donors (Lipinski definition) is 1. The molecule has 0 spiro atoms. The van der Waals surface area contributed by atoms with Gasteiger partial charge < -0.3 is 5.11 Å². The third-order valence-electron chi connectivity index (χ3n) is 4.19. The van der Waals surface area contributed by atoms with Crippen molar-refractivity contribution in [3.05, 3.63) is 40.4 Å². The highest BCUT2D eigenvalue weighted by atomic mass is 32.1. The molecular formula is C17H22N4O2S. The summed E-state index contributed by atoms with van der Waals surface area (Å²) >= 11 is 1.74. The first-order valence-electron chi connectivity index (χ1n) is 8.27. The lowest BCUT2D eigenvalue weighted by molar-refractivity contribution is -0.137. The van der Waals surface area contributed by atoms with Gasteiger partial charge in [0.05, 0.1) is 11.9 Å². The number of likely N-dealkylation sites (tertiary alicyclic amines) is 1. The number of hydrogen-bond acceptors (Lipinski definition) is 5. The lowest BCUT2D eigenvalue weighted by Gasteiger charge is -2.26. The SMILES string of the molecule is O=C(O)Cn1cc(CN2CCCCCC2/C=C/c2cccs2)nn1. The van der Waals surface area contributed by atoms with Crippen LogP contribution in [0.25, 0.3) is 6.08 Å². The van der Waals surface area contributed by atoms with Crippen molar-refractivity contribution in [2.24, 2.45) is 0 Å². The molecule has 1 fully saturated rings. The summed E-state index contributed by atoms with van der Waals surface area (Å²) in [6.07, 6.45) is 11.1. The number of carbonyl (C=O) groups is 1. The van der Waals surface area contributed by atoms with Gasteiger partial charge in [0.2, 0.25) is 0 Å². The minimum Gasteiger partial charge on any atom is -0.480 e. The number of carboxylic acids is 1. The molecule has 0 radical (unpaired) electrons. The number of carboxylic acid groups (broad SMARTS) is 1. The molecule has 0 amide bonds. The Labute approximate surface area is 145 Å². The maximum Gasteiger partial charge on any atom is 0.325 e. The zero-order chi connectivity index (χ0) is 16.8. The summed E-state index contributed by atoms with van der Waals surface area (Å²) in [4.78, 5) is 14.4. The Morgan fingerprint density at radius 1 is 1.42 bits per heavy atom. The van der Waals surface area contributed by atoms with E-state index in [4.69, 9.17) is 5.11 Å². The summed E-state index contributed by atoms with van der Waals surface area (Å²) in [5, 5.41) is 18.9. The van der Waals surface area contributed by atoms with Crippen LogP contribution in [0.15, 0.2) is 29.8 Å². The van der Waals surface area contributed by atoms with Gasteiger partial charge >= 0.3 is 5.97 Å². The quantitative estimate of drug-likeness (QED) is 0.871. The second-order valence-corrected chi connectivity index (χ2v) is 7.04. The number of aromatic nitrogens is 3. The zero-order valence-electron chi connectivity index (χ0n) is 13.5. The van der Waals surface area contributed by atoms with Crippen LogP contribution < -0.4 is 0 Å². The molecule has 2 aromatic heterocycles. The molecule has 0 aromatic carbocycles. The maximum absolute atomic E-state index is 10.8. The van der Waals surface area contributed by atoms with E-state index in [1.807, 2.05) is 0 Å². The smallest absolute Gasteiger partial charge is 0.325 e. The van der Waals surface area contributed by atoms with Crippen molar-refractivity contribution in [2.45, 2.75) is 44.8 Å². The summed E-state index contributed by atoms with van der Waals surface area (Å²) in [5.41, 5.74) is 0.827. The molecule has 2 aromatic rings. The number of thiophene rings is 1. The molecular weight excluding hydrogens is 324 g/mol. The van der Waals surface area contributed by atoms with Crippen LogP contribution in [0.1, 0.15) is 36.3 Å². The molecule has 0 bridgehead atoms. The second kappa shape index (κ2) is 8.21. The van der Waals surface area contributed by atoms with E-state index in [0.717, 1.165) is 18.7 Å². The first-order chi connectivity index (χ1) is 11.7. The molecule has 1 atom stereocenters. The van der Waals surface area contributed by atoms with Gasteiger partial charge in [-0.25, -0.2) is 4.68 Å². The average molecular weight is 346 g/mol. The molecule has 3 rings (SSSR count). The van der Waals surface area contributed by atoms with Crippen LogP contribution in [0.3, 0.4) is 0 Å². The van der Waals surface area contributed by atoms with Gasteiger partial charge in [-0.15, -0.1) is 16.4 Å². The van der Waals surface area contributed by atoms with E-state index in [-0.39, 0.29) is 6.54 Å². The maximum atomic E-state index is 10.8. The van der Waals surface area contributed by atoms with Crippen molar-refractivity contribution in [1.29, 1.82) is 0 Å². The molecule has 0 aliphatic carbocycles. The molecule has 1 N–H and O–H groups in total. The van der Waals surface area contributed by atoms with E-state index in [1.165, 1.54) is 28.8 Å². The number of rotatable bonds is 6. The van der Waals surface area contributed by atoms with Crippen molar-refractivity contribution in [3.63, 3.8) is 0 Å². The van der Waals surface area contributed by atoms with Crippen molar-refractivity contribution < 1.29 is 9.90 Å². The minimum atomic E-state index is -0.905. The largest absolute Gasteiger partial charge is 0.480 e. The molecule has 7 heteroatoms. The summed E-state index contributed by atoms with van der Waals surface area (Å²) in [6.45, 7) is 1.60. The molecule has 1 aliphatic rings. The van der Waals surface area contributed by atoms with Gasteiger partial charge in [-0.1, -0.05) is 30.2 Å². The Hall–Kier alpha value is -1.99. The minimum absolute atomic E-state index is 0.144. The van der Waals surface area contributed by atoms with Gasteiger partial charge in [0.15, 0.2) is 0 Å². The predicted molar refractivity (Wildman–Crippen MR) is 93.7 cm³/mol. The van der Waals surface area contributed by atoms with Crippen molar-refractivity contribution in [1.82, 2.24) is 19.9 Å². The normalized spacial score (nSPS) is 19.6. The average Bonchev–Trinajstić information content (AvgIpc) is 3.15. The lowest BCUT2D eigenvalue weighted by atomic mass is 10.1. The summed E-state index contributed by atoms with van der Waals surface area (Å²) < 4.78 is 1.38. The van der Waals surface area contributed by atoms with Gasteiger partial charge in [0.1, 0.15) is 6.54 Å². The Kier molecular flexibility index (Phi) is 5.77. The van der Waals surface area contributed by atoms with E-state index in [2.05, 4.69) is 44.9 Å². The van der Waals surface area contributed by atoms with Gasteiger partial charge in [-0.05, 0) is 36.9 Å². The number of nitrogens with zero attached hydrogens (tertiary/aromatic N) is 4. The fourth-order valence-electron chi connectivity index (χ4n) is 3.03. The molecule has 24 heavy (non-hydrogen) atoms. The fraction of sp³-hybridized carbons (Fsp3) is 0.471. The Morgan fingerprint density at radius 3 is 3.12 bits per heavy atom. The zero-order valence-corrected chi connectivity index (χ0v) is 14.4. The molecule has 3 heterocycles. The Morgan fingerprint density at radius 2 is 2.33 bits per heavy atom. The van der Waals surface area contributed by atoms with E-state index < -0.39 is 5.97 Å². The van der Waals surface area contributed by atoms with Crippen molar-refractivity contribution in [3.8, 4) is 0 Å². The Bertz CT molecular complexity index is 681. The summed E-state index contributed by atoms with van der Waals surface area (Å²) in [5.74, 6) is -0.905. The Balaban J connectivity index is 1.67. The second-order valence-electron chi connectivity index (χ2n) is 6.06. The predicted octanol–water partition coefficient (Wildman–Crippen LogP) is 2.88. The van der Waals surface area contributed by atoms with Gasteiger partial charge in [-0.3, -0.25) is 9.69 Å². The molecule has 1 aliphatic heterocycles. The van der Waals surface area contributed by atoms with Crippen molar-refractivity contribution >= 4 is 23.4 Å². The monoisotopic (exact) mass is 346 g/mol. The third kappa shape index (κ3) is 4.75. The van der Waals surface area contributed by atoms with Crippen LogP contribution in [0, 0.1) is 0 Å². The van der Waals surface area contributed by atoms with Gasteiger partial charge in [0.25, 0.3) is 0 Å². The van der Waals surface area contributed by atoms with E-state index in [0.29, 0.717) is 12.6 Å². The number of aliphatic carboxylic acids is 1. The molecule has 1 saturated heterocycles. The van der Waals surface area contributed by atoms with E-state index >= 15 is 0 Å². The van der Waals surface area contributed by atoms with Gasteiger partial charge in [-0.2, -0.15) is 0 Å². The van der Waals surface area contributed by atoms with Crippen LogP contribution in [-0.4, -0.2) is 43.6 Å². The molecule has 128 valence electrons. The highest BCUT2D eigenvalue weighted by Gasteiger charge is 2.20. The first-order valence-corrected chi connectivity index (χ1v) is 9.15. The van der Waals surface area contributed by atoms with Crippen molar-refractivity contribution in [2.75, 3.05) is 6.54 Å². The molecule has 1 unspecified atom stereocenters. The van der Waals surface area contributed by atoms with Gasteiger partial charge in [0, 0.05) is 17.5 Å². The topological polar surface area (TPSA) is 71.2 Å². The van der Waals surface area contributed by atoms with Crippen LogP contribution >= 0.6 is 11.3 Å². The van der Waals surface area contributed by atoms with E-state index in [1.54, 1.807) is 17.5 Å². The standard InChI is InChI=1S/C17H22N4O2S/c22-17(23)13-21-12-14(18-19-21)11-20-9-3-1-2-5-15(20)7-8-16-6-4-10-24-16/h4,6-8,10,12,15H,1-3,5,9,11,13H2,(H,22,23)/b8-7+. The first kappa shape index (κ1) is 16.9. The summed E-state index contributed by atoms with van der Waals surface area (Å²) in [6, 6.07) is 4.58. The molecule has 6 nitrogen and oxygen atoms in total. The highest BCUT2D eigenvalue weighted by molar-refractivity contribution is 7.10. The lowest BCUT2D eigenvalue weighted by Crippen LogP contribution is -2.33. The van der Waals surface area contributed by atoms with Crippen LogP contribution in [0.2, 0.25) is 0 Å². The van der Waals surface area contributed by atoms with E-state index in [9.17, 15) is 4.79 Å². The van der Waals surface area contributed by atoms with Crippen LogP contribution in [-0.2, 0) is 17.9 Å². The summed E-state index contributed by atoms with van der Waals surface area (Å²) in [7, 11) is 0. The van der Waals surface area contributed by atoms with Crippen LogP contribution in [0.4, 0.5) is 0 Å². The molecule has 0 saturated carbocycles. The highest BCUT2D eigenvalue weighted by Crippen LogP contribution is 2.21. The fourth-order valence-corrected chi connectivity index (χ4v) is 3.66. The third-order valence-corrected chi connectivity index (χ3v) is 5.03.